The number of nitrogens with zero attached hydrogens (tertiary/aromatic N) is 1. The van der Waals surface area contributed by atoms with Gasteiger partial charge in [0.2, 0.25) is 11.8 Å². The number of rotatable bonds is 6. The highest BCUT2D eigenvalue weighted by Gasteiger charge is 2.33. The van der Waals surface area contributed by atoms with E-state index >= 15 is 0 Å². The first-order chi connectivity index (χ1) is 13.0. The van der Waals surface area contributed by atoms with Gasteiger partial charge in [-0.15, -0.1) is 0 Å². The molecule has 0 bridgehead atoms. The van der Waals surface area contributed by atoms with Crippen LogP contribution in [-0.2, 0) is 25.6 Å². The topological polar surface area (TPSA) is 83.6 Å². The van der Waals surface area contributed by atoms with Crippen LogP contribution < -0.4 is 5.32 Å². The lowest BCUT2D eigenvalue weighted by molar-refractivity contribution is -0.137. The van der Waals surface area contributed by atoms with Crippen molar-refractivity contribution >= 4 is 27.3 Å². The summed E-state index contributed by atoms with van der Waals surface area (Å²) in [5.41, 5.74) is -1.47. The first-order valence-electron chi connectivity index (χ1n) is 7.98. The summed E-state index contributed by atoms with van der Waals surface area (Å²) < 4.78 is 63.3. The van der Waals surface area contributed by atoms with Crippen LogP contribution in [0.15, 0.2) is 59.5 Å². The van der Waals surface area contributed by atoms with Gasteiger partial charge in [-0.3, -0.25) is 9.59 Å². The molecule has 28 heavy (non-hydrogen) atoms. The standard InChI is InChI=1S/C18H17F3N2O4S/c1-23(17(25)12-28(26,27)13-7-3-2-4-8-13)11-16(24)22-15-10-6-5-9-14(15)18(19,20)21/h2-10H,11-12H2,1H3,(H,22,24). The minimum atomic E-state index is -4.66. The molecule has 2 aromatic carbocycles. The predicted molar refractivity (Wildman–Crippen MR) is 96.2 cm³/mol. The van der Waals surface area contributed by atoms with Crippen LogP contribution in [0.4, 0.5) is 18.9 Å². The van der Waals surface area contributed by atoms with Crippen LogP contribution in [0.5, 0.6) is 0 Å². The number of sulfone groups is 1. The number of alkyl halides is 3. The molecule has 2 aromatic rings. The number of anilines is 1. The second kappa shape index (κ2) is 8.42. The fourth-order valence-corrected chi connectivity index (χ4v) is 3.60. The average molecular weight is 414 g/mol. The molecule has 0 atom stereocenters. The average Bonchev–Trinajstić information content (AvgIpc) is 2.61. The molecule has 10 heteroatoms. The Balaban J connectivity index is 2.02. The van der Waals surface area contributed by atoms with E-state index in [-0.39, 0.29) is 4.90 Å². The summed E-state index contributed by atoms with van der Waals surface area (Å²) in [6.07, 6.45) is -4.66. The van der Waals surface area contributed by atoms with Crippen molar-refractivity contribution < 1.29 is 31.2 Å². The van der Waals surface area contributed by atoms with Crippen LogP contribution in [0, 0.1) is 0 Å². The molecule has 6 nitrogen and oxygen atoms in total. The highest BCUT2D eigenvalue weighted by molar-refractivity contribution is 7.92. The van der Waals surface area contributed by atoms with Gasteiger partial charge in [-0.2, -0.15) is 13.2 Å². The van der Waals surface area contributed by atoms with E-state index in [9.17, 15) is 31.2 Å². The van der Waals surface area contributed by atoms with Crippen LogP contribution in [-0.4, -0.2) is 44.5 Å². The molecule has 0 aliphatic rings. The fraction of sp³-hybridized carbons (Fsp3) is 0.222. The van der Waals surface area contributed by atoms with E-state index in [2.05, 4.69) is 5.32 Å². The summed E-state index contributed by atoms with van der Waals surface area (Å²) in [6.45, 7) is -0.602. The molecule has 0 fully saturated rings. The first kappa shape index (κ1) is 21.4. The molecule has 0 saturated heterocycles. The Hall–Kier alpha value is -2.88. The summed E-state index contributed by atoms with van der Waals surface area (Å²) in [5.74, 6) is -2.60. The Kier molecular flexibility index (Phi) is 6.45. The van der Waals surface area contributed by atoms with Crippen molar-refractivity contribution in [3.63, 3.8) is 0 Å². The zero-order chi connectivity index (χ0) is 20.9. The van der Waals surface area contributed by atoms with E-state index in [1.165, 1.54) is 43.4 Å². The molecule has 150 valence electrons. The van der Waals surface area contributed by atoms with Gasteiger partial charge in [-0.05, 0) is 24.3 Å². The Morgan fingerprint density at radius 2 is 1.57 bits per heavy atom. The zero-order valence-corrected chi connectivity index (χ0v) is 15.5. The van der Waals surface area contributed by atoms with Gasteiger partial charge in [0, 0.05) is 7.05 Å². The monoisotopic (exact) mass is 414 g/mol. The molecule has 0 aliphatic carbocycles. The molecule has 0 heterocycles. The van der Waals surface area contributed by atoms with Gasteiger partial charge < -0.3 is 10.2 Å². The van der Waals surface area contributed by atoms with Crippen LogP contribution in [0.3, 0.4) is 0 Å². The maximum absolute atomic E-state index is 13.0. The summed E-state index contributed by atoms with van der Waals surface area (Å²) in [5, 5.41) is 2.10. The number of nitrogens with one attached hydrogen (secondary N) is 1. The van der Waals surface area contributed by atoms with E-state index in [0.29, 0.717) is 0 Å². The van der Waals surface area contributed by atoms with Crippen molar-refractivity contribution in [3.8, 4) is 0 Å². The second-order valence-corrected chi connectivity index (χ2v) is 7.90. The van der Waals surface area contributed by atoms with Gasteiger partial charge >= 0.3 is 6.18 Å². The summed E-state index contributed by atoms with van der Waals surface area (Å²) in [6, 6.07) is 11.7. The lowest BCUT2D eigenvalue weighted by Crippen LogP contribution is -2.38. The van der Waals surface area contributed by atoms with Gasteiger partial charge in [0.05, 0.1) is 22.7 Å². The van der Waals surface area contributed by atoms with E-state index in [4.69, 9.17) is 0 Å². The summed E-state index contributed by atoms with van der Waals surface area (Å²) >= 11 is 0. The number of hydrogen-bond donors (Lipinski definition) is 1. The van der Waals surface area contributed by atoms with Gasteiger partial charge in [0.1, 0.15) is 5.75 Å². The van der Waals surface area contributed by atoms with Gasteiger partial charge in [-0.1, -0.05) is 30.3 Å². The number of carbonyl (C=O) groups excluding carboxylic acids is 2. The first-order valence-corrected chi connectivity index (χ1v) is 9.64. The normalized spacial score (nSPS) is 11.7. The molecule has 0 spiro atoms. The third kappa shape index (κ3) is 5.56. The van der Waals surface area contributed by atoms with Gasteiger partial charge in [0.15, 0.2) is 9.84 Å². The van der Waals surface area contributed by atoms with Crippen LogP contribution in [0.1, 0.15) is 5.56 Å². The van der Waals surface area contributed by atoms with E-state index in [1.54, 1.807) is 6.07 Å². The van der Waals surface area contributed by atoms with E-state index < -0.39 is 51.4 Å². The molecule has 2 amide bonds. The second-order valence-electron chi connectivity index (χ2n) is 5.91. The molecule has 2 rings (SSSR count). The molecule has 0 radical (unpaired) electrons. The zero-order valence-electron chi connectivity index (χ0n) is 14.7. The minimum Gasteiger partial charge on any atom is -0.336 e. The summed E-state index contributed by atoms with van der Waals surface area (Å²) in [4.78, 5) is 25.0. The Morgan fingerprint density at radius 1 is 1.00 bits per heavy atom. The van der Waals surface area contributed by atoms with Crippen molar-refractivity contribution in [1.29, 1.82) is 0 Å². The van der Waals surface area contributed by atoms with Crippen LogP contribution in [0.25, 0.3) is 0 Å². The molecule has 0 aliphatic heterocycles. The lowest BCUT2D eigenvalue weighted by atomic mass is 10.1. The van der Waals surface area contributed by atoms with Gasteiger partial charge in [0.25, 0.3) is 0 Å². The van der Waals surface area contributed by atoms with Crippen LogP contribution in [0.2, 0.25) is 0 Å². The van der Waals surface area contributed by atoms with Gasteiger partial charge in [-0.25, -0.2) is 8.42 Å². The lowest BCUT2D eigenvalue weighted by Gasteiger charge is -2.18. The molecule has 0 saturated carbocycles. The van der Waals surface area contributed by atoms with Crippen molar-refractivity contribution in [2.45, 2.75) is 11.1 Å². The smallest absolute Gasteiger partial charge is 0.336 e. The molecule has 0 aromatic heterocycles. The molecule has 0 unspecified atom stereocenters. The van der Waals surface area contributed by atoms with Crippen molar-refractivity contribution in [2.75, 3.05) is 24.7 Å². The van der Waals surface area contributed by atoms with Crippen molar-refractivity contribution in [3.05, 3.63) is 60.2 Å². The highest BCUT2D eigenvalue weighted by Crippen LogP contribution is 2.34. The third-order valence-electron chi connectivity index (χ3n) is 3.73. The molecule has 1 N–H and O–H groups in total. The Morgan fingerprint density at radius 3 is 2.18 bits per heavy atom. The number of carbonyl (C=O) groups is 2. The minimum absolute atomic E-state index is 0.0414. The number of para-hydroxylation sites is 1. The van der Waals surface area contributed by atoms with Crippen molar-refractivity contribution in [2.24, 2.45) is 0 Å². The van der Waals surface area contributed by atoms with Crippen molar-refractivity contribution in [1.82, 2.24) is 4.90 Å². The predicted octanol–water partition coefficient (Wildman–Crippen LogP) is 2.58. The maximum Gasteiger partial charge on any atom is 0.418 e. The quantitative estimate of drug-likeness (QED) is 0.788. The third-order valence-corrected chi connectivity index (χ3v) is 5.35. The molecular weight excluding hydrogens is 397 g/mol. The highest BCUT2D eigenvalue weighted by atomic mass is 32.2. The maximum atomic E-state index is 13.0. The number of benzene rings is 2. The number of amides is 2. The van der Waals surface area contributed by atoms with E-state index in [0.717, 1.165) is 17.0 Å². The van der Waals surface area contributed by atoms with E-state index in [1.807, 2.05) is 0 Å². The summed E-state index contributed by atoms with van der Waals surface area (Å²) in [7, 11) is -2.70. The number of likely N-dealkylation sites (N-methyl/N-ethyl adjacent to an activating group) is 1. The van der Waals surface area contributed by atoms with Crippen LogP contribution >= 0.6 is 0 Å². The molecular formula is C18H17F3N2O4S. The number of hydrogen-bond acceptors (Lipinski definition) is 4. The largest absolute Gasteiger partial charge is 0.418 e. The fourth-order valence-electron chi connectivity index (χ4n) is 2.32. The Bertz CT molecular complexity index is 960. The number of halogens is 3. The SMILES string of the molecule is CN(CC(=O)Nc1ccccc1C(F)(F)F)C(=O)CS(=O)(=O)c1ccccc1. The Labute approximate surface area is 159 Å².